The van der Waals surface area contributed by atoms with Gasteiger partial charge in [0.25, 0.3) is 0 Å². The van der Waals surface area contributed by atoms with Crippen LogP contribution >= 0.6 is 0 Å². The SMILES string of the molecule is Cc1cc(=O)oc(C)c1C(=O)O[C@H](C)C(=O)C12CC3CC(CC(C3)C1)C2. The molecule has 0 N–H and O–H groups in total. The van der Waals surface area contributed by atoms with Gasteiger partial charge >= 0.3 is 11.6 Å². The van der Waals surface area contributed by atoms with Gasteiger partial charge in [-0.2, -0.15) is 0 Å². The molecule has 4 bridgehead atoms. The highest BCUT2D eigenvalue weighted by Crippen LogP contribution is 2.60. The Bertz CT molecular complexity index is 757. The van der Waals surface area contributed by atoms with Crippen molar-refractivity contribution in [3.8, 4) is 0 Å². The molecule has 0 aromatic carbocycles. The van der Waals surface area contributed by atoms with E-state index in [2.05, 4.69) is 0 Å². The number of hydrogen-bond donors (Lipinski definition) is 0. The predicted molar refractivity (Wildman–Crippen MR) is 94.9 cm³/mol. The Balaban J connectivity index is 1.52. The van der Waals surface area contributed by atoms with E-state index in [0.717, 1.165) is 19.3 Å². The van der Waals surface area contributed by atoms with E-state index in [4.69, 9.17) is 9.15 Å². The average Bonchev–Trinajstić information content (AvgIpc) is 2.51. The first kappa shape index (κ1) is 17.5. The summed E-state index contributed by atoms with van der Waals surface area (Å²) in [5.74, 6) is 1.73. The summed E-state index contributed by atoms with van der Waals surface area (Å²) in [4.78, 5) is 37.2. The van der Waals surface area contributed by atoms with Crippen LogP contribution in [0.2, 0.25) is 0 Å². The largest absolute Gasteiger partial charge is 0.451 e. The maximum absolute atomic E-state index is 13.2. The molecule has 0 radical (unpaired) electrons. The van der Waals surface area contributed by atoms with Crippen molar-refractivity contribution in [2.45, 2.75) is 65.4 Å². The van der Waals surface area contributed by atoms with Crippen molar-refractivity contribution < 1.29 is 18.7 Å². The van der Waals surface area contributed by atoms with Gasteiger partial charge in [-0.05, 0) is 82.6 Å². The van der Waals surface area contributed by atoms with Crippen LogP contribution in [0.25, 0.3) is 0 Å². The molecule has 5 rings (SSSR count). The van der Waals surface area contributed by atoms with Crippen LogP contribution in [-0.2, 0) is 9.53 Å². The Morgan fingerprint density at radius 2 is 1.65 bits per heavy atom. The van der Waals surface area contributed by atoms with Gasteiger partial charge in [0, 0.05) is 11.5 Å². The van der Waals surface area contributed by atoms with Crippen molar-refractivity contribution in [3.05, 3.63) is 33.4 Å². The third-order valence-corrected chi connectivity index (χ3v) is 6.75. The molecule has 0 unspecified atom stereocenters. The summed E-state index contributed by atoms with van der Waals surface area (Å²) in [5, 5.41) is 0. The molecule has 4 fully saturated rings. The molecule has 0 saturated heterocycles. The molecule has 26 heavy (non-hydrogen) atoms. The number of aryl methyl sites for hydroxylation is 2. The fourth-order valence-corrected chi connectivity index (χ4v) is 6.18. The van der Waals surface area contributed by atoms with E-state index in [9.17, 15) is 14.4 Å². The van der Waals surface area contributed by atoms with Crippen molar-refractivity contribution >= 4 is 11.8 Å². The summed E-state index contributed by atoms with van der Waals surface area (Å²) in [5.41, 5.74) is -0.0240. The highest BCUT2D eigenvalue weighted by Gasteiger charge is 2.55. The summed E-state index contributed by atoms with van der Waals surface area (Å²) in [6.45, 7) is 4.92. The summed E-state index contributed by atoms with van der Waals surface area (Å²) in [6.07, 6.45) is 5.89. The third kappa shape index (κ3) is 2.81. The maximum atomic E-state index is 13.2. The van der Waals surface area contributed by atoms with Crippen molar-refractivity contribution in [2.75, 3.05) is 0 Å². The minimum atomic E-state index is -0.774. The molecule has 4 aliphatic carbocycles. The lowest BCUT2D eigenvalue weighted by atomic mass is 9.48. The lowest BCUT2D eigenvalue weighted by molar-refractivity contribution is -0.152. The van der Waals surface area contributed by atoms with E-state index < -0.39 is 17.7 Å². The first-order chi connectivity index (χ1) is 12.3. The Hall–Kier alpha value is -1.91. The molecule has 4 saturated carbocycles. The lowest BCUT2D eigenvalue weighted by Crippen LogP contribution is -2.52. The van der Waals surface area contributed by atoms with Crippen LogP contribution in [0.5, 0.6) is 0 Å². The molecular formula is C21H26O5. The minimum Gasteiger partial charge on any atom is -0.451 e. The molecule has 4 aliphatic rings. The second-order valence-corrected chi connectivity index (χ2v) is 8.79. The van der Waals surface area contributed by atoms with E-state index in [1.807, 2.05) is 0 Å². The summed E-state index contributed by atoms with van der Waals surface area (Å²) < 4.78 is 10.6. The number of carbonyl (C=O) groups excluding carboxylic acids is 2. The highest BCUT2D eigenvalue weighted by atomic mass is 16.5. The summed E-state index contributed by atoms with van der Waals surface area (Å²) >= 11 is 0. The number of ether oxygens (including phenoxy) is 1. The molecule has 1 heterocycles. The normalized spacial score (nSPS) is 33.1. The zero-order valence-corrected chi connectivity index (χ0v) is 15.7. The quantitative estimate of drug-likeness (QED) is 0.769. The van der Waals surface area contributed by atoms with Gasteiger partial charge in [0.05, 0.1) is 0 Å². The number of esters is 1. The van der Waals surface area contributed by atoms with Crippen LogP contribution in [0, 0.1) is 37.0 Å². The van der Waals surface area contributed by atoms with E-state index in [-0.39, 0.29) is 22.5 Å². The number of hydrogen-bond acceptors (Lipinski definition) is 5. The molecule has 1 atom stereocenters. The minimum absolute atomic E-state index is 0.0811. The number of carbonyl (C=O) groups is 2. The second-order valence-electron chi connectivity index (χ2n) is 8.79. The van der Waals surface area contributed by atoms with Crippen LogP contribution < -0.4 is 5.63 Å². The first-order valence-electron chi connectivity index (χ1n) is 9.64. The van der Waals surface area contributed by atoms with Gasteiger partial charge in [-0.25, -0.2) is 9.59 Å². The van der Waals surface area contributed by atoms with Crippen molar-refractivity contribution in [3.63, 3.8) is 0 Å². The summed E-state index contributed by atoms with van der Waals surface area (Å²) in [7, 11) is 0. The number of rotatable bonds is 4. The van der Waals surface area contributed by atoms with Gasteiger partial charge in [-0.1, -0.05) is 0 Å². The van der Waals surface area contributed by atoms with Crippen molar-refractivity contribution in [2.24, 2.45) is 23.2 Å². The first-order valence-corrected chi connectivity index (χ1v) is 9.64. The maximum Gasteiger partial charge on any atom is 0.342 e. The molecular weight excluding hydrogens is 332 g/mol. The zero-order valence-electron chi connectivity index (χ0n) is 15.7. The Kier molecular flexibility index (Phi) is 4.08. The van der Waals surface area contributed by atoms with Gasteiger partial charge in [0.1, 0.15) is 11.3 Å². The highest BCUT2D eigenvalue weighted by molar-refractivity contribution is 5.96. The molecule has 0 amide bonds. The van der Waals surface area contributed by atoms with Gasteiger partial charge in [-0.3, -0.25) is 4.79 Å². The zero-order chi connectivity index (χ0) is 18.6. The molecule has 1 aromatic rings. The van der Waals surface area contributed by atoms with E-state index >= 15 is 0 Å². The van der Waals surface area contributed by atoms with E-state index in [1.165, 1.54) is 25.3 Å². The van der Waals surface area contributed by atoms with Gasteiger partial charge in [0.15, 0.2) is 11.9 Å². The monoisotopic (exact) mass is 358 g/mol. The van der Waals surface area contributed by atoms with Gasteiger partial charge in [-0.15, -0.1) is 0 Å². The standard InChI is InChI=1S/C21H26O5/c1-11-4-17(22)25-12(2)18(11)20(24)26-13(3)19(23)21-8-14-5-15(9-21)7-16(6-14)10-21/h4,13-16H,5-10H2,1-3H3/t13-,14?,15?,16?,21?/m1/s1. The van der Waals surface area contributed by atoms with Gasteiger partial charge in [0.2, 0.25) is 0 Å². The molecule has 5 nitrogen and oxygen atoms in total. The Labute approximate surface area is 153 Å². The molecule has 0 aliphatic heterocycles. The fraction of sp³-hybridized carbons (Fsp3) is 0.667. The number of ketones is 1. The third-order valence-electron chi connectivity index (χ3n) is 6.75. The lowest BCUT2D eigenvalue weighted by Gasteiger charge is -2.56. The van der Waals surface area contributed by atoms with E-state index in [1.54, 1.807) is 20.8 Å². The van der Waals surface area contributed by atoms with Crippen LogP contribution in [0.15, 0.2) is 15.3 Å². The fourth-order valence-electron chi connectivity index (χ4n) is 6.18. The van der Waals surface area contributed by atoms with Crippen molar-refractivity contribution in [1.82, 2.24) is 0 Å². The predicted octanol–water partition coefficient (Wildman–Crippen LogP) is 3.59. The van der Waals surface area contributed by atoms with Crippen LogP contribution in [0.1, 0.15) is 67.1 Å². The van der Waals surface area contributed by atoms with Crippen LogP contribution in [0.3, 0.4) is 0 Å². The van der Waals surface area contributed by atoms with Gasteiger partial charge < -0.3 is 9.15 Å². The summed E-state index contributed by atoms with van der Waals surface area (Å²) in [6, 6.07) is 1.27. The van der Waals surface area contributed by atoms with Crippen LogP contribution in [-0.4, -0.2) is 17.9 Å². The van der Waals surface area contributed by atoms with Crippen LogP contribution in [0.4, 0.5) is 0 Å². The van der Waals surface area contributed by atoms with Crippen molar-refractivity contribution in [1.29, 1.82) is 0 Å². The Morgan fingerprint density at radius 1 is 1.12 bits per heavy atom. The molecule has 1 aromatic heterocycles. The average molecular weight is 358 g/mol. The molecule has 140 valence electrons. The smallest absolute Gasteiger partial charge is 0.342 e. The second kappa shape index (κ2) is 6.07. The van der Waals surface area contributed by atoms with E-state index in [0.29, 0.717) is 23.3 Å². The molecule has 0 spiro atoms. The number of Topliss-reactive ketones (excluding diaryl/α,β-unsaturated/α-hetero) is 1. The topological polar surface area (TPSA) is 73.6 Å². The Morgan fingerprint density at radius 3 is 2.15 bits per heavy atom. The molecule has 5 heteroatoms.